The van der Waals surface area contributed by atoms with Gasteiger partial charge < -0.3 is 4.57 Å². The number of amidine groups is 3. The van der Waals surface area contributed by atoms with Gasteiger partial charge in [0.25, 0.3) is 0 Å². The lowest BCUT2D eigenvalue weighted by Gasteiger charge is -2.13. The van der Waals surface area contributed by atoms with Gasteiger partial charge in [-0.05, 0) is 6.08 Å². The number of rotatable bonds is 0. The highest BCUT2D eigenvalue weighted by Gasteiger charge is 2.28. The Labute approximate surface area is 233 Å². The van der Waals surface area contributed by atoms with Crippen molar-refractivity contribution >= 4 is 62.5 Å². The number of nitrogens with zero attached hydrogens (tertiary/aromatic N) is 7. The Kier molecular flexibility index (Phi) is 3.87. The van der Waals surface area contributed by atoms with E-state index in [0.29, 0.717) is 24.2 Å². The van der Waals surface area contributed by atoms with Gasteiger partial charge in [0.05, 0.1) is 11.1 Å². The molecule has 0 unspecified atom stereocenters. The summed E-state index contributed by atoms with van der Waals surface area (Å²) >= 11 is 0. The van der Waals surface area contributed by atoms with E-state index < -0.39 is 0 Å². The molecule has 0 saturated heterocycles. The number of aliphatic imine (C=N–C) groups is 4. The van der Waals surface area contributed by atoms with Crippen LogP contribution in [0.15, 0.2) is 122 Å². The second kappa shape index (κ2) is 7.49. The molecule has 41 heavy (non-hydrogen) atoms. The van der Waals surface area contributed by atoms with E-state index in [1.165, 1.54) is 0 Å². The average molecular weight is 526 g/mol. The van der Waals surface area contributed by atoms with Gasteiger partial charge in [-0.2, -0.15) is 0 Å². The zero-order chi connectivity index (χ0) is 26.7. The van der Waals surface area contributed by atoms with Crippen molar-refractivity contribution < 1.29 is 0 Å². The topological polar surface area (TPSA) is 71.7 Å². The Balaban J connectivity index is 1.48. The molecule has 0 N–H and O–H groups in total. The van der Waals surface area contributed by atoms with Gasteiger partial charge in [0.1, 0.15) is 23.8 Å². The highest BCUT2D eigenvalue weighted by Crippen LogP contribution is 2.40. The quantitative estimate of drug-likeness (QED) is 0.260. The Morgan fingerprint density at radius 3 is 1.63 bits per heavy atom. The number of benzene rings is 4. The predicted molar refractivity (Wildman–Crippen MR) is 163 cm³/mol. The van der Waals surface area contributed by atoms with E-state index >= 15 is 0 Å². The molecule has 0 aliphatic carbocycles. The van der Waals surface area contributed by atoms with E-state index in [1.54, 1.807) is 0 Å². The molecule has 0 fully saturated rings. The monoisotopic (exact) mass is 525 g/mol. The van der Waals surface area contributed by atoms with E-state index in [0.717, 1.165) is 72.0 Å². The van der Waals surface area contributed by atoms with Crippen LogP contribution in [0.5, 0.6) is 0 Å². The molecule has 0 spiro atoms. The average Bonchev–Trinajstić information content (AvgIpc) is 3.72. The fraction of sp³-hybridized carbons (Fsp3) is 0.0294. The second-order valence-corrected chi connectivity index (χ2v) is 10.6. The molecule has 6 bridgehead atoms. The van der Waals surface area contributed by atoms with Crippen molar-refractivity contribution in [1.82, 2.24) is 9.13 Å². The summed E-state index contributed by atoms with van der Waals surface area (Å²) < 4.78 is 4.47. The standard InChI is InChI=1S/C34H19N7/c1-3-11-21-19(9-1)27-17-28-20-10-2-6-14-24(20)32-38-30-22-12-4-5-13-23(22)31(36-30)39-34-26-16-8-7-15-25(26)33(37-29(21)35-27)41(34)18-40(28)32/h1-17H,18H2/b27-17?,28-17-,37-29-,37-33?,38-30?,38-32+,39-31-,39-34?. The summed E-state index contributed by atoms with van der Waals surface area (Å²) in [6, 6.07) is 33.4. The zero-order valence-electron chi connectivity index (χ0n) is 21.7. The van der Waals surface area contributed by atoms with Crippen molar-refractivity contribution in [3.63, 3.8) is 0 Å². The van der Waals surface area contributed by atoms with Crippen LogP contribution in [0.25, 0.3) is 27.6 Å². The summed E-state index contributed by atoms with van der Waals surface area (Å²) in [6.07, 6.45) is 2.18. The lowest BCUT2D eigenvalue weighted by Crippen LogP contribution is -2.32. The van der Waals surface area contributed by atoms with Gasteiger partial charge in [-0.15, -0.1) is 0 Å². The minimum Gasteiger partial charge on any atom is -0.306 e. The van der Waals surface area contributed by atoms with Crippen LogP contribution in [-0.2, 0) is 6.67 Å². The van der Waals surface area contributed by atoms with Crippen LogP contribution in [0.2, 0.25) is 0 Å². The molecule has 4 aromatic carbocycles. The lowest BCUT2D eigenvalue weighted by molar-refractivity contribution is 0.591. The van der Waals surface area contributed by atoms with Gasteiger partial charge in [-0.1, -0.05) is 97.1 Å². The largest absolute Gasteiger partial charge is 0.306 e. The molecule has 2 aromatic heterocycles. The summed E-state index contributed by atoms with van der Waals surface area (Å²) in [7, 11) is 0. The van der Waals surface area contributed by atoms with E-state index in [1.807, 2.05) is 18.2 Å². The van der Waals surface area contributed by atoms with Crippen LogP contribution in [0.1, 0.15) is 22.3 Å². The summed E-state index contributed by atoms with van der Waals surface area (Å²) in [5, 5.41) is 5.27. The third-order valence-corrected chi connectivity index (χ3v) is 8.39. The maximum absolute atomic E-state index is 5.26. The first-order valence-corrected chi connectivity index (χ1v) is 13.6. The number of hydrogen-bond donors (Lipinski definition) is 0. The van der Waals surface area contributed by atoms with Crippen LogP contribution in [0.4, 0.5) is 11.6 Å². The second-order valence-electron chi connectivity index (χ2n) is 10.6. The molecule has 190 valence electrons. The Morgan fingerprint density at radius 2 is 0.951 bits per heavy atom. The summed E-state index contributed by atoms with van der Waals surface area (Å²) in [5.41, 5.74) is 5.83. The number of hydrogen-bond acceptors (Lipinski definition) is 5. The van der Waals surface area contributed by atoms with Crippen LogP contribution >= 0.6 is 0 Å². The van der Waals surface area contributed by atoms with Crippen LogP contribution in [0, 0.1) is 0 Å². The van der Waals surface area contributed by atoms with Gasteiger partial charge in [0, 0.05) is 43.8 Å². The minimum atomic E-state index is 0.486. The van der Waals surface area contributed by atoms with Gasteiger partial charge in [0.15, 0.2) is 17.5 Å². The smallest absolute Gasteiger partial charge is 0.164 e. The maximum Gasteiger partial charge on any atom is 0.164 e. The van der Waals surface area contributed by atoms with Crippen LogP contribution < -0.4 is 10.8 Å². The van der Waals surface area contributed by atoms with Crippen molar-refractivity contribution in [2.75, 3.05) is 0 Å². The van der Waals surface area contributed by atoms with Gasteiger partial charge in [-0.3, -0.25) is 4.57 Å². The molecule has 0 atom stereocenters. The first-order chi connectivity index (χ1) is 20.3. The molecule has 4 aliphatic heterocycles. The Hall–Kier alpha value is -5.69. The molecule has 6 heterocycles. The van der Waals surface area contributed by atoms with Crippen molar-refractivity contribution in [3.05, 3.63) is 130 Å². The van der Waals surface area contributed by atoms with Gasteiger partial charge >= 0.3 is 0 Å². The van der Waals surface area contributed by atoms with E-state index in [-0.39, 0.29) is 0 Å². The molecule has 0 saturated carbocycles. The van der Waals surface area contributed by atoms with Gasteiger partial charge in [0.2, 0.25) is 0 Å². The van der Waals surface area contributed by atoms with Crippen molar-refractivity contribution in [3.8, 4) is 0 Å². The first kappa shape index (κ1) is 21.2. The molecular formula is C34H19N7. The lowest BCUT2D eigenvalue weighted by atomic mass is 10.0. The zero-order valence-corrected chi connectivity index (χ0v) is 21.7. The fourth-order valence-electron chi connectivity index (χ4n) is 6.53. The molecule has 10 rings (SSSR count). The summed E-state index contributed by atoms with van der Waals surface area (Å²) in [6.45, 7) is 0.486. The highest BCUT2D eigenvalue weighted by molar-refractivity contribution is 6.34. The third kappa shape index (κ3) is 2.74. The van der Waals surface area contributed by atoms with Gasteiger partial charge in [-0.25, -0.2) is 25.0 Å². The normalized spacial score (nSPS) is 19.9. The van der Waals surface area contributed by atoms with Crippen molar-refractivity contribution in [2.45, 2.75) is 6.67 Å². The first-order valence-electron chi connectivity index (χ1n) is 13.6. The van der Waals surface area contributed by atoms with Crippen LogP contribution in [-0.4, -0.2) is 32.4 Å². The Bertz CT molecular complexity index is 2280. The van der Waals surface area contributed by atoms with E-state index in [9.17, 15) is 0 Å². The van der Waals surface area contributed by atoms with Crippen molar-refractivity contribution in [1.29, 1.82) is 0 Å². The number of fused-ring (bicyclic) bond motifs is 14. The molecular weight excluding hydrogens is 506 g/mol. The third-order valence-electron chi connectivity index (χ3n) is 8.39. The molecule has 7 nitrogen and oxygen atoms in total. The fourth-order valence-corrected chi connectivity index (χ4v) is 6.53. The highest BCUT2D eigenvalue weighted by atomic mass is 15.3. The summed E-state index contributed by atoms with van der Waals surface area (Å²) in [5.74, 6) is 3.70. The van der Waals surface area contributed by atoms with E-state index in [4.69, 9.17) is 25.0 Å². The maximum atomic E-state index is 5.26. The number of aromatic nitrogens is 2. The Morgan fingerprint density at radius 1 is 0.439 bits per heavy atom. The molecule has 0 amide bonds. The van der Waals surface area contributed by atoms with Crippen LogP contribution in [0.3, 0.4) is 0 Å². The molecule has 6 aromatic rings. The molecule has 4 aliphatic rings. The SMILES string of the molecule is C1=c2/c3ccccc3/c3n2Cn2c(c4ccccc4c2/N=C2N=C(/N=3)c3ccccc3\2)/N=C2N=C/1c1ccccc1\2. The summed E-state index contributed by atoms with van der Waals surface area (Å²) in [4.78, 5) is 25.9. The molecule has 7 heteroatoms. The minimum absolute atomic E-state index is 0.486. The predicted octanol–water partition coefficient (Wildman–Crippen LogP) is 5.25. The molecule has 0 radical (unpaired) electrons. The van der Waals surface area contributed by atoms with E-state index in [2.05, 4.69) is 94.1 Å². The van der Waals surface area contributed by atoms with Crippen molar-refractivity contribution in [2.24, 2.45) is 25.0 Å².